The SMILES string of the molecule is C[C@@H]1CCC[C@]2(C)C[C@H]3OC(=O)[C@@H](CN(C)C[C@@H](O)c4ccc(O)cc4)[C@H]3C=C12. The van der Waals surface area contributed by atoms with E-state index in [1.807, 2.05) is 11.9 Å². The number of hydrogen-bond donors (Lipinski definition) is 2. The highest BCUT2D eigenvalue weighted by molar-refractivity contribution is 5.76. The van der Waals surface area contributed by atoms with Crippen molar-refractivity contribution in [1.82, 2.24) is 4.90 Å². The quantitative estimate of drug-likeness (QED) is 0.584. The summed E-state index contributed by atoms with van der Waals surface area (Å²) in [6.45, 7) is 5.66. The standard InChI is InChI=1S/C24H33NO4/c1-15-5-4-10-24(2)12-22-18(11-20(15)24)19(23(28)29-22)13-25(3)14-21(27)16-6-8-17(26)9-7-16/h6-9,11,15,18-19,21-22,26-27H,4-5,10,12-14H2,1-3H3/t15-,18-,19+,21-,22-,24-/m1/s1. The van der Waals surface area contributed by atoms with Gasteiger partial charge in [0.15, 0.2) is 0 Å². The van der Waals surface area contributed by atoms with Gasteiger partial charge in [-0.1, -0.05) is 44.1 Å². The third kappa shape index (κ3) is 3.95. The molecule has 0 radical (unpaired) electrons. The number of benzene rings is 1. The highest BCUT2D eigenvalue weighted by Crippen LogP contribution is 2.53. The zero-order valence-electron chi connectivity index (χ0n) is 17.7. The summed E-state index contributed by atoms with van der Waals surface area (Å²) in [6.07, 6.45) is 6.31. The summed E-state index contributed by atoms with van der Waals surface area (Å²) in [5, 5.41) is 19.9. The molecular formula is C24H33NO4. The average Bonchev–Trinajstić information content (AvgIpc) is 2.94. The normalized spacial score (nSPS) is 34.9. The van der Waals surface area contributed by atoms with E-state index in [-0.39, 0.29) is 35.1 Å². The van der Waals surface area contributed by atoms with Crippen molar-refractivity contribution in [3.8, 4) is 5.75 Å². The van der Waals surface area contributed by atoms with Gasteiger partial charge in [0.2, 0.25) is 0 Å². The number of aliphatic hydroxyl groups excluding tert-OH is 1. The van der Waals surface area contributed by atoms with Crippen molar-refractivity contribution < 1.29 is 19.7 Å². The third-order valence-corrected chi connectivity index (χ3v) is 7.35. The Morgan fingerprint density at radius 1 is 1.31 bits per heavy atom. The number of phenolic OH excluding ortho intramolecular Hbond substituents is 1. The number of carbonyl (C=O) groups is 1. The van der Waals surface area contributed by atoms with Crippen LogP contribution < -0.4 is 0 Å². The van der Waals surface area contributed by atoms with Crippen LogP contribution in [-0.4, -0.2) is 47.3 Å². The van der Waals surface area contributed by atoms with Crippen molar-refractivity contribution in [3.05, 3.63) is 41.5 Å². The second-order valence-electron chi connectivity index (χ2n) is 9.67. The molecule has 3 aliphatic rings. The van der Waals surface area contributed by atoms with Crippen LogP contribution in [0.2, 0.25) is 0 Å². The minimum absolute atomic E-state index is 0.0121. The van der Waals surface area contributed by atoms with Gasteiger partial charge in [-0.2, -0.15) is 0 Å². The Labute approximate surface area is 173 Å². The molecule has 0 unspecified atom stereocenters. The fourth-order valence-electron chi connectivity index (χ4n) is 5.77. The Morgan fingerprint density at radius 2 is 2.03 bits per heavy atom. The van der Waals surface area contributed by atoms with E-state index in [0.29, 0.717) is 19.0 Å². The zero-order chi connectivity index (χ0) is 20.8. The number of allylic oxidation sites excluding steroid dienone is 1. The molecule has 1 heterocycles. The Bertz CT molecular complexity index is 789. The molecule has 2 aliphatic carbocycles. The number of aliphatic hydroxyl groups is 1. The van der Waals surface area contributed by atoms with Gasteiger partial charge in [-0.3, -0.25) is 4.79 Å². The monoisotopic (exact) mass is 399 g/mol. The molecule has 6 atom stereocenters. The van der Waals surface area contributed by atoms with Crippen molar-refractivity contribution >= 4 is 5.97 Å². The summed E-state index contributed by atoms with van der Waals surface area (Å²) in [5.41, 5.74) is 2.46. The molecule has 0 bridgehead atoms. The lowest BCUT2D eigenvalue weighted by Crippen LogP contribution is -2.40. The number of ether oxygens (including phenoxy) is 1. The van der Waals surface area contributed by atoms with Crippen LogP contribution in [0, 0.1) is 23.2 Å². The van der Waals surface area contributed by atoms with E-state index >= 15 is 0 Å². The van der Waals surface area contributed by atoms with Gasteiger partial charge in [-0.25, -0.2) is 0 Å². The second kappa shape index (κ2) is 7.77. The fourth-order valence-corrected chi connectivity index (χ4v) is 5.77. The van der Waals surface area contributed by atoms with Crippen molar-refractivity contribution in [1.29, 1.82) is 0 Å². The molecule has 1 saturated heterocycles. The maximum atomic E-state index is 12.7. The van der Waals surface area contributed by atoms with Crippen LogP contribution >= 0.6 is 0 Å². The predicted octanol–water partition coefficient (Wildman–Crippen LogP) is 3.67. The fraction of sp³-hybridized carbons (Fsp3) is 0.625. The molecule has 1 aromatic rings. The van der Waals surface area contributed by atoms with E-state index < -0.39 is 6.10 Å². The smallest absolute Gasteiger partial charge is 0.311 e. The molecule has 1 aliphatic heterocycles. The molecule has 0 aromatic heterocycles. The third-order valence-electron chi connectivity index (χ3n) is 7.35. The number of hydrogen-bond acceptors (Lipinski definition) is 5. The summed E-state index contributed by atoms with van der Waals surface area (Å²) in [4.78, 5) is 14.7. The first-order valence-electron chi connectivity index (χ1n) is 10.8. The Hall–Kier alpha value is -1.85. The van der Waals surface area contributed by atoms with E-state index in [1.165, 1.54) is 24.8 Å². The number of esters is 1. The molecule has 0 spiro atoms. The summed E-state index contributed by atoms with van der Waals surface area (Å²) >= 11 is 0. The molecule has 5 nitrogen and oxygen atoms in total. The van der Waals surface area contributed by atoms with Crippen LogP contribution in [0.3, 0.4) is 0 Å². The number of carbonyl (C=O) groups excluding carboxylic acids is 1. The minimum atomic E-state index is -0.666. The molecule has 0 amide bonds. The van der Waals surface area contributed by atoms with Gasteiger partial charge in [-0.15, -0.1) is 0 Å². The molecule has 158 valence electrons. The predicted molar refractivity (Wildman–Crippen MR) is 111 cm³/mol. The van der Waals surface area contributed by atoms with Crippen molar-refractivity contribution in [2.24, 2.45) is 23.2 Å². The van der Waals surface area contributed by atoms with E-state index in [2.05, 4.69) is 19.9 Å². The molecule has 5 heteroatoms. The van der Waals surface area contributed by atoms with E-state index in [9.17, 15) is 15.0 Å². The number of nitrogens with zero attached hydrogens (tertiary/aromatic N) is 1. The maximum absolute atomic E-state index is 12.7. The number of phenols is 1. The maximum Gasteiger partial charge on any atom is 0.311 e. The number of rotatable bonds is 5. The van der Waals surface area contributed by atoms with Crippen molar-refractivity contribution in [3.63, 3.8) is 0 Å². The molecule has 29 heavy (non-hydrogen) atoms. The number of aromatic hydroxyl groups is 1. The highest BCUT2D eigenvalue weighted by Gasteiger charge is 2.51. The molecular weight excluding hydrogens is 366 g/mol. The van der Waals surface area contributed by atoms with E-state index in [1.54, 1.807) is 24.3 Å². The van der Waals surface area contributed by atoms with Crippen LogP contribution in [0.25, 0.3) is 0 Å². The van der Waals surface area contributed by atoms with Gasteiger partial charge in [0.25, 0.3) is 0 Å². The Kier molecular flexibility index (Phi) is 5.47. The van der Waals surface area contributed by atoms with Crippen molar-refractivity contribution in [2.45, 2.75) is 51.7 Å². The summed E-state index contributed by atoms with van der Waals surface area (Å²) in [6, 6.07) is 6.61. The zero-order valence-corrected chi connectivity index (χ0v) is 17.7. The first-order chi connectivity index (χ1) is 13.8. The lowest BCUT2D eigenvalue weighted by atomic mass is 9.59. The van der Waals surface area contributed by atoms with Crippen LogP contribution in [0.1, 0.15) is 51.2 Å². The first-order valence-corrected chi connectivity index (χ1v) is 10.8. The molecule has 1 aromatic carbocycles. The molecule has 2 N–H and O–H groups in total. The van der Waals surface area contributed by atoms with Gasteiger partial charge >= 0.3 is 5.97 Å². The minimum Gasteiger partial charge on any atom is -0.508 e. The van der Waals surface area contributed by atoms with Crippen LogP contribution in [0.5, 0.6) is 5.75 Å². The first kappa shape index (κ1) is 20.4. The largest absolute Gasteiger partial charge is 0.508 e. The summed E-state index contributed by atoms with van der Waals surface area (Å²) in [7, 11) is 1.94. The number of fused-ring (bicyclic) bond motifs is 2. The van der Waals surface area contributed by atoms with E-state index in [4.69, 9.17) is 4.74 Å². The van der Waals surface area contributed by atoms with Gasteiger partial charge in [0, 0.05) is 19.0 Å². The number of likely N-dealkylation sites (N-methyl/N-ethyl adjacent to an activating group) is 1. The Morgan fingerprint density at radius 3 is 2.76 bits per heavy atom. The van der Waals surface area contributed by atoms with Gasteiger partial charge in [0.05, 0.1) is 12.0 Å². The van der Waals surface area contributed by atoms with Crippen LogP contribution in [0.15, 0.2) is 35.9 Å². The summed E-state index contributed by atoms with van der Waals surface area (Å²) < 4.78 is 5.83. The average molecular weight is 400 g/mol. The van der Waals surface area contributed by atoms with E-state index in [0.717, 1.165) is 12.0 Å². The summed E-state index contributed by atoms with van der Waals surface area (Å²) in [5.74, 6) is 0.628. The Balaban J connectivity index is 1.45. The lowest BCUT2D eigenvalue weighted by molar-refractivity contribution is -0.145. The van der Waals surface area contributed by atoms with Gasteiger partial charge in [-0.05, 0) is 55.3 Å². The second-order valence-corrected chi connectivity index (χ2v) is 9.67. The lowest BCUT2D eigenvalue weighted by Gasteiger charge is -2.46. The molecule has 2 fully saturated rings. The van der Waals surface area contributed by atoms with Crippen LogP contribution in [0.4, 0.5) is 0 Å². The van der Waals surface area contributed by atoms with Crippen LogP contribution in [-0.2, 0) is 9.53 Å². The topological polar surface area (TPSA) is 70.0 Å². The molecule has 1 saturated carbocycles. The van der Waals surface area contributed by atoms with Crippen molar-refractivity contribution in [2.75, 3.05) is 20.1 Å². The van der Waals surface area contributed by atoms with Gasteiger partial charge in [0.1, 0.15) is 11.9 Å². The molecule has 4 rings (SSSR count). The highest BCUT2D eigenvalue weighted by atomic mass is 16.6. The van der Waals surface area contributed by atoms with Gasteiger partial charge < -0.3 is 19.8 Å².